The van der Waals surface area contributed by atoms with E-state index in [1.807, 2.05) is 0 Å². The molecule has 1 aliphatic heterocycles. The van der Waals surface area contributed by atoms with Crippen LogP contribution in [0, 0.1) is 5.82 Å². The van der Waals surface area contributed by atoms with Crippen LogP contribution in [0.1, 0.15) is 16.2 Å². The number of amides is 3. The first-order valence-electron chi connectivity index (χ1n) is 10.4. The van der Waals surface area contributed by atoms with E-state index in [1.54, 1.807) is 40.2 Å². The van der Waals surface area contributed by atoms with Crippen LogP contribution in [0.15, 0.2) is 42.7 Å². The van der Waals surface area contributed by atoms with Gasteiger partial charge < -0.3 is 14.7 Å². The molecule has 0 unspecified atom stereocenters. The monoisotopic (exact) mass is 451 g/mol. The summed E-state index contributed by atoms with van der Waals surface area (Å²) in [6.45, 7) is 2.05. The highest BCUT2D eigenvalue weighted by atomic mass is 19.1. The molecule has 1 fully saturated rings. The van der Waals surface area contributed by atoms with Crippen molar-refractivity contribution in [2.75, 3.05) is 39.8 Å². The second-order valence-corrected chi connectivity index (χ2v) is 7.45. The van der Waals surface area contributed by atoms with E-state index < -0.39 is 0 Å². The summed E-state index contributed by atoms with van der Waals surface area (Å²) in [6, 6.07) is 7.01. The SMILES string of the molecule is CN(CCc1nnc(-c2ncccn2)nn1)C(=O)N1CCN(C(=O)c2ccc(F)cc2)CC1. The maximum Gasteiger partial charge on any atom is 0.319 e. The van der Waals surface area contributed by atoms with Crippen LogP contribution in [0.2, 0.25) is 0 Å². The zero-order valence-corrected chi connectivity index (χ0v) is 18.0. The van der Waals surface area contributed by atoms with Crippen molar-refractivity contribution < 1.29 is 14.0 Å². The Morgan fingerprint density at radius 1 is 0.909 bits per heavy atom. The molecule has 1 aliphatic rings. The van der Waals surface area contributed by atoms with Gasteiger partial charge in [-0.25, -0.2) is 19.2 Å². The quantitative estimate of drug-likeness (QED) is 0.561. The Hall–Kier alpha value is -4.09. The van der Waals surface area contributed by atoms with Gasteiger partial charge in [0, 0.05) is 64.1 Å². The number of rotatable bonds is 5. The number of benzene rings is 1. The molecule has 11 nitrogen and oxygen atoms in total. The molecule has 170 valence electrons. The van der Waals surface area contributed by atoms with E-state index in [4.69, 9.17) is 0 Å². The molecule has 3 amide bonds. The lowest BCUT2D eigenvalue weighted by molar-refractivity contribution is 0.0645. The van der Waals surface area contributed by atoms with Crippen molar-refractivity contribution in [3.63, 3.8) is 0 Å². The second kappa shape index (κ2) is 10.0. The number of likely N-dealkylation sites (N-methyl/N-ethyl adjacent to an activating group) is 1. The molecule has 1 saturated heterocycles. The van der Waals surface area contributed by atoms with Crippen molar-refractivity contribution in [3.05, 3.63) is 59.9 Å². The summed E-state index contributed by atoms with van der Waals surface area (Å²) in [7, 11) is 1.70. The molecular weight excluding hydrogens is 429 g/mol. The first-order valence-corrected chi connectivity index (χ1v) is 10.4. The number of hydrogen-bond donors (Lipinski definition) is 0. The van der Waals surface area contributed by atoms with Crippen LogP contribution in [-0.4, -0.2) is 96.8 Å². The predicted molar refractivity (Wildman–Crippen MR) is 114 cm³/mol. The third-order valence-electron chi connectivity index (χ3n) is 5.21. The zero-order chi connectivity index (χ0) is 23.2. The molecular formula is C21H22FN9O2. The smallest absolute Gasteiger partial charge is 0.319 e. The minimum atomic E-state index is -0.386. The van der Waals surface area contributed by atoms with Crippen molar-refractivity contribution in [1.82, 2.24) is 45.1 Å². The van der Waals surface area contributed by atoms with Crippen molar-refractivity contribution in [2.45, 2.75) is 6.42 Å². The van der Waals surface area contributed by atoms with Crippen LogP contribution < -0.4 is 0 Å². The molecule has 1 aromatic carbocycles. The number of nitrogens with zero attached hydrogens (tertiary/aromatic N) is 9. The third kappa shape index (κ3) is 5.40. The number of halogens is 1. The van der Waals surface area contributed by atoms with Crippen LogP contribution in [0.4, 0.5) is 9.18 Å². The lowest BCUT2D eigenvalue weighted by Gasteiger charge is -2.36. The topological polar surface area (TPSA) is 121 Å². The average molecular weight is 451 g/mol. The van der Waals surface area contributed by atoms with Crippen molar-refractivity contribution in [2.24, 2.45) is 0 Å². The van der Waals surface area contributed by atoms with Gasteiger partial charge in [-0.3, -0.25) is 4.79 Å². The van der Waals surface area contributed by atoms with E-state index in [0.717, 1.165) is 0 Å². The molecule has 4 rings (SSSR count). The highest BCUT2D eigenvalue weighted by Gasteiger charge is 2.26. The Labute approximate surface area is 189 Å². The fourth-order valence-electron chi connectivity index (χ4n) is 3.33. The summed E-state index contributed by atoms with van der Waals surface area (Å²) < 4.78 is 13.1. The Balaban J connectivity index is 1.25. The van der Waals surface area contributed by atoms with Gasteiger partial charge in [0.25, 0.3) is 5.91 Å². The van der Waals surface area contributed by atoms with Crippen LogP contribution in [0.3, 0.4) is 0 Å². The Morgan fingerprint density at radius 3 is 2.15 bits per heavy atom. The summed E-state index contributed by atoms with van der Waals surface area (Å²) in [4.78, 5) is 38.4. The van der Waals surface area contributed by atoms with E-state index in [9.17, 15) is 14.0 Å². The highest BCUT2D eigenvalue weighted by Crippen LogP contribution is 2.11. The number of aromatic nitrogens is 6. The number of urea groups is 1. The van der Waals surface area contributed by atoms with E-state index in [1.165, 1.54) is 24.3 Å². The lowest BCUT2D eigenvalue weighted by Crippen LogP contribution is -2.53. The minimum absolute atomic E-state index is 0.140. The highest BCUT2D eigenvalue weighted by molar-refractivity contribution is 5.94. The minimum Gasteiger partial charge on any atom is -0.335 e. The van der Waals surface area contributed by atoms with Gasteiger partial charge in [0.1, 0.15) is 5.82 Å². The molecule has 3 heterocycles. The maximum absolute atomic E-state index is 13.1. The molecule has 2 aromatic heterocycles. The summed E-state index contributed by atoms with van der Waals surface area (Å²) in [5.74, 6) is 0.425. The van der Waals surface area contributed by atoms with Crippen molar-refractivity contribution in [1.29, 1.82) is 0 Å². The number of carbonyl (C=O) groups is 2. The Kier molecular flexibility index (Phi) is 6.72. The number of carbonyl (C=O) groups excluding carboxylic acids is 2. The summed E-state index contributed by atoms with van der Waals surface area (Å²) in [6.07, 6.45) is 3.55. The Morgan fingerprint density at radius 2 is 1.52 bits per heavy atom. The molecule has 0 N–H and O–H groups in total. The predicted octanol–water partition coefficient (Wildman–Crippen LogP) is 0.915. The fourth-order valence-corrected chi connectivity index (χ4v) is 3.33. The van der Waals surface area contributed by atoms with E-state index in [2.05, 4.69) is 30.4 Å². The van der Waals surface area contributed by atoms with Crippen molar-refractivity contribution >= 4 is 11.9 Å². The first-order chi connectivity index (χ1) is 16.0. The normalized spacial score (nSPS) is 13.6. The standard InChI is InChI=1S/C21H22FN9O2/c1-29(10-7-17-25-27-19(28-26-17)18-23-8-2-9-24-18)21(33)31-13-11-30(12-14-31)20(32)15-3-5-16(22)6-4-15/h2-6,8-9H,7,10-14H2,1H3. The van der Waals surface area contributed by atoms with E-state index >= 15 is 0 Å². The molecule has 0 atom stereocenters. The summed E-state index contributed by atoms with van der Waals surface area (Å²) in [5, 5.41) is 16.1. The molecule has 33 heavy (non-hydrogen) atoms. The van der Waals surface area contributed by atoms with Gasteiger partial charge in [-0.1, -0.05) is 0 Å². The number of hydrogen-bond acceptors (Lipinski definition) is 8. The van der Waals surface area contributed by atoms with Gasteiger partial charge >= 0.3 is 6.03 Å². The molecule has 0 radical (unpaired) electrons. The van der Waals surface area contributed by atoms with Gasteiger partial charge in [0.2, 0.25) is 11.6 Å². The molecule has 0 bridgehead atoms. The summed E-state index contributed by atoms with van der Waals surface area (Å²) >= 11 is 0. The van der Waals surface area contributed by atoms with Crippen LogP contribution in [-0.2, 0) is 6.42 Å². The molecule has 12 heteroatoms. The fraction of sp³-hybridized carbons (Fsp3) is 0.333. The third-order valence-corrected chi connectivity index (χ3v) is 5.21. The number of piperazine rings is 1. The second-order valence-electron chi connectivity index (χ2n) is 7.45. The van der Waals surface area contributed by atoms with E-state index in [-0.39, 0.29) is 23.6 Å². The van der Waals surface area contributed by atoms with Gasteiger partial charge in [-0.05, 0) is 30.3 Å². The van der Waals surface area contributed by atoms with Gasteiger partial charge in [-0.2, -0.15) is 0 Å². The summed E-state index contributed by atoms with van der Waals surface area (Å²) in [5.41, 5.74) is 0.431. The van der Waals surface area contributed by atoms with E-state index in [0.29, 0.717) is 56.4 Å². The van der Waals surface area contributed by atoms with Crippen LogP contribution in [0.5, 0.6) is 0 Å². The molecule has 3 aromatic rings. The lowest BCUT2D eigenvalue weighted by atomic mass is 10.2. The zero-order valence-electron chi connectivity index (χ0n) is 18.0. The molecule has 0 spiro atoms. The van der Waals surface area contributed by atoms with Crippen LogP contribution in [0.25, 0.3) is 11.6 Å². The molecule has 0 aliphatic carbocycles. The van der Waals surface area contributed by atoms with Gasteiger partial charge in [0.15, 0.2) is 5.82 Å². The van der Waals surface area contributed by atoms with Crippen molar-refractivity contribution in [3.8, 4) is 11.6 Å². The molecule has 0 saturated carbocycles. The first kappa shape index (κ1) is 22.1. The average Bonchev–Trinajstić information content (AvgIpc) is 2.88. The van der Waals surface area contributed by atoms with Gasteiger partial charge in [0.05, 0.1) is 0 Å². The Bertz CT molecular complexity index is 1090. The largest absolute Gasteiger partial charge is 0.335 e. The maximum atomic E-state index is 13.1. The van der Waals surface area contributed by atoms with Gasteiger partial charge in [-0.15, -0.1) is 20.4 Å². The van der Waals surface area contributed by atoms with Crippen LogP contribution >= 0.6 is 0 Å².